The topological polar surface area (TPSA) is 78.8 Å². The summed E-state index contributed by atoms with van der Waals surface area (Å²) in [6.07, 6.45) is 1.07. The normalized spacial score (nSPS) is 11.9. The van der Waals surface area contributed by atoms with Crippen molar-refractivity contribution in [2.45, 2.75) is 13.8 Å². The molecule has 1 N–H and O–H groups in total. The van der Waals surface area contributed by atoms with Crippen LogP contribution in [0.1, 0.15) is 18.1 Å². The van der Waals surface area contributed by atoms with Crippen molar-refractivity contribution in [3.05, 3.63) is 64.1 Å². The smallest absolute Gasteiger partial charge is 0.260 e. The van der Waals surface area contributed by atoms with Gasteiger partial charge in [0.05, 0.1) is 17.7 Å². The van der Waals surface area contributed by atoms with E-state index in [-0.39, 0.29) is 6.54 Å². The highest BCUT2D eigenvalue weighted by Gasteiger charge is 2.20. The lowest BCUT2D eigenvalue weighted by Crippen LogP contribution is -2.39. The average Bonchev–Trinajstić information content (AvgIpc) is 2.58. The summed E-state index contributed by atoms with van der Waals surface area (Å²) in [7, 11) is -3.60. The fraction of sp³-hybridized carbons (Fsp3) is 0.222. The molecule has 26 heavy (non-hydrogen) atoms. The van der Waals surface area contributed by atoms with Gasteiger partial charge in [-0.15, -0.1) is 0 Å². The van der Waals surface area contributed by atoms with E-state index in [1.807, 2.05) is 31.2 Å². The van der Waals surface area contributed by atoms with Gasteiger partial charge in [0.1, 0.15) is 6.54 Å². The fourth-order valence-electron chi connectivity index (χ4n) is 2.18. The van der Waals surface area contributed by atoms with E-state index in [1.54, 1.807) is 31.2 Å². The van der Waals surface area contributed by atoms with Gasteiger partial charge < -0.3 is 0 Å². The summed E-state index contributed by atoms with van der Waals surface area (Å²) in [4.78, 5) is 12.2. The summed E-state index contributed by atoms with van der Waals surface area (Å²) < 4.78 is 26.1. The van der Waals surface area contributed by atoms with Gasteiger partial charge in [-0.1, -0.05) is 45.8 Å². The Bertz CT molecular complexity index is 908. The van der Waals surface area contributed by atoms with Gasteiger partial charge in [0.15, 0.2) is 0 Å². The van der Waals surface area contributed by atoms with Crippen molar-refractivity contribution in [2.24, 2.45) is 5.10 Å². The molecule has 138 valence electrons. The van der Waals surface area contributed by atoms with Crippen LogP contribution in [0.25, 0.3) is 0 Å². The minimum atomic E-state index is -3.60. The predicted molar refractivity (Wildman–Crippen MR) is 108 cm³/mol. The van der Waals surface area contributed by atoms with Crippen molar-refractivity contribution in [1.29, 1.82) is 0 Å². The van der Waals surface area contributed by atoms with E-state index in [2.05, 4.69) is 26.5 Å². The van der Waals surface area contributed by atoms with Gasteiger partial charge in [0.25, 0.3) is 5.91 Å². The van der Waals surface area contributed by atoms with Gasteiger partial charge in [-0.2, -0.15) is 5.10 Å². The lowest BCUT2D eigenvalue weighted by atomic mass is 10.1. The number of rotatable bonds is 6. The maximum Gasteiger partial charge on any atom is 0.260 e. The van der Waals surface area contributed by atoms with Gasteiger partial charge in [-0.05, 0) is 43.7 Å². The Labute approximate surface area is 162 Å². The van der Waals surface area contributed by atoms with Crippen LogP contribution < -0.4 is 9.73 Å². The Kier molecular flexibility index (Phi) is 6.55. The summed E-state index contributed by atoms with van der Waals surface area (Å²) in [5.74, 6) is -0.521. The standard InChI is InChI=1S/C18H20BrN3O3S/c1-13-4-10-17(11-5-13)22(26(3,24)25)12-18(23)21-20-14(2)15-6-8-16(19)9-7-15/h4-11H,12H2,1-3H3,(H,21,23)/b20-14-. The Balaban J connectivity index is 2.11. The first kappa shape index (κ1) is 20.1. The van der Waals surface area contributed by atoms with Crippen LogP contribution in [0, 0.1) is 6.92 Å². The molecule has 6 nitrogen and oxygen atoms in total. The monoisotopic (exact) mass is 437 g/mol. The zero-order valence-electron chi connectivity index (χ0n) is 14.7. The summed E-state index contributed by atoms with van der Waals surface area (Å²) in [6.45, 7) is 3.32. The van der Waals surface area contributed by atoms with E-state index >= 15 is 0 Å². The van der Waals surface area contributed by atoms with Crippen LogP contribution in [-0.4, -0.2) is 32.8 Å². The molecule has 2 aromatic carbocycles. The second-order valence-corrected chi connectivity index (χ2v) is 8.67. The lowest BCUT2D eigenvalue weighted by molar-refractivity contribution is -0.119. The summed E-state index contributed by atoms with van der Waals surface area (Å²) in [5.41, 5.74) is 5.32. The average molecular weight is 438 g/mol. The molecule has 8 heteroatoms. The number of hydrogen-bond donors (Lipinski definition) is 1. The molecule has 2 rings (SSSR count). The van der Waals surface area contributed by atoms with Crippen LogP contribution >= 0.6 is 15.9 Å². The first-order valence-corrected chi connectivity index (χ1v) is 10.4. The minimum absolute atomic E-state index is 0.348. The molecular weight excluding hydrogens is 418 g/mol. The molecule has 0 radical (unpaired) electrons. The summed E-state index contributed by atoms with van der Waals surface area (Å²) >= 11 is 3.36. The number of hydrogen-bond acceptors (Lipinski definition) is 4. The van der Waals surface area contributed by atoms with Crippen LogP contribution in [-0.2, 0) is 14.8 Å². The number of nitrogens with one attached hydrogen (secondary N) is 1. The second kappa shape index (κ2) is 8.46. The molecule has 0 heterocycles. The Hall–Kier alpha value is -2.19. The second-order valence-electron chi connectivity index (χ2n) is 5.84. The zero-order valence-corrected chi connectivity index (χ0v) is 17.1. The quantitative estimate of drug-likeness (QED) is 0.556. The van der Waals surface area contributed by atoms with Gasteiger partial charge in [-0.3, -0.25) is 9.10 Å². The van der Waals surface area contributed by atoms with Crippen molar-refractivity contribution in [3.63, 3.8) is 0 Å². The third-order valence-corrected chi connectivity index (χ3v) is 5.29. The van der Waals surface area contributed by atoms with E-state index in [0.29, 0.717) is 11.4 Å². The molecule has 0 bridgehead atoms. The molecule has 0 atom stereocenters. The molecule has 0 saturated carbocycles. The maximum absolute atomic E-state index is 12.2. The molecular formula is C18H20BrN3O3S. The van der Waals surface area contributed by atoms with Crippen molar-refractivity contribution >= 4 is 43.3 Å². The van der Waals surface area contributed by atoms with Crippen LogP contribution in [0.2, 0.25) is 0 Å². The SMILES string of the molecule is C/C(=N/NC(=O)CN(c1ccc(C)cc1)S(C)(=O)=O)c1ccc(Br)cc1. The molecule has 1 amide bonds. The van der Waals surface area contributed by atoms with E-state index in [4.69, 9.17) is 0 Å². The molecule has 0 aliphatic carbocycles. The molecule has 0 saturated heterocycles. The Morgan fingerprint density at radius 2 is 1.69 bits per heavy atom. The van der Waals surface area contributed by atoms with E-state index in [9.17, 15) is 13.2 Å². The van der Waals surface area contributed by atoms with Crippen molar-refractivity contribution < 1.29 is 13.2 Å². The maximum atomic E-state index is 12.2. The van der Waals surface area contributed by atoms with E-state index in [1.165, 1.54) is 0 Å². The van der Waals surface area contributed by atoms with E-state index < -0.39 is 15.9 Å². The van der Waals surface area contributed by atoms with Crippen LogP contribution in [0.5, 0.6) is 0 Å². The fourth-order valence-corrected chi connectivity index (χ4v) is 3.30. The number of sulfonamides is 1. The number of aryl methyl sites for hydroxylation is 1. The van der Waals surface area contributed by atoms with Crippen molar-refractivity contribution in [1.82, 2.24) is 5.43 Å². The predicted octanol–water partition coefficient (Wildman–Crippen LogP) is 3.06. The highest BCUT2D eigenvalue weighted by atomic mass is 79.9. The number of carbonyl (C=O) groups is 1. The zero-order chi connectivity index (χ0) is 19.3. The van der Waals surface area contributed by atoms with Crippen LogP contribution in [0.4, 0.5) is 5.69 Å². The number of anilines is 1. The van der Waals surface area contributed by atoms with Gasteiger partial charge in [-0.25, -0.2) is 13.8 Å². The number of benzene rings is 2. The first-order chi connectivity index (χ1) is 12.2. The van der Waals surface area contributed by atoms with Crippen molar-refractivity contribution in [2.75, 3.05) is 17.1 Å². The molecule has 2 aromatic rings. The third-order valence-electron chi connectivity index (χ3n) is 3.62. The van der Waals surface area contributed by atoms with Gasteiger partial charge in [0.2, 0.25) is 10.0 Å². The number of hydrazone groups is 1. The number of halogens is 1. The van der Waals surface area contributed by atoms with Gasteiger partial charge in [0, 0.05) is 4.47 Å². The molecule has 0 fully saturated rings. The number of nitrogens with zero attached hydrogens (tertiary/aromatic N) is 2. The molecule has 0 aromatic heterocycles. The van der Waals surface area contributed by atoms with E-state index in [0.717, 1.165) is 26.2 Å². The largest absolute Gasteiger partial charge is 0.271 e. The summed E-state index contributed by atoms with van der Waals surface area (Å²) in [6, 6.07) is 14.4. The number of amides is 1. The Morgan fingerprint density at radius 3 is 2.23 bits per heavy atom. The Morgan fingerprint density at radius 1 is 1.12 bits per heavy atom. The molecule has 0 aliphatic rings. The molecule has 0 spiro atoms. The van der Waals surface area contributed by atoms with Crippen LogP contribution in [0.3, 0.4) is 0 Å². The van der Waals surface area contributed by atoms with Gasteiger partial charge >= 0.3 is 0 Å². The molecule has 0 aliphatic heterocycles. The highest BCUT2D eigenvalue weighted by Crippen LogP contribution is 2.17. The third kappa shape index (κ3) is 5.67. The van der Waals surface area contributed by atoms with Crippen LogP contribution in [0.15, 0.2) is 58.1 Å². The summed E-state index contributed by atoms with van der Waals surface area (Å²) in [5, 5.41) is 4.05. The number of carbonyl (C=O) groups excluding carboxylic acids is 1. The highest BCUT2D eigenvalue weighted by molar-refractivity contribution is 9.10. The lowest BCUT2D eigenvalue weighted by Gasteiger charge is -2.21. The minimum Gasteiger partial charge on any atom is -0.271 e. The first-order valence-electron chi connectivity index (χ1n) is 7.80. The van der Waals surface area contributed by atoms with Crippen molar-refractivity contribution in [3.8, 4) is 0 Å². The molecule has 0 unspecified atom stereocenters.